The second kappa shape index (κ2) is 4.48. The number of nitrogens with zero attached hydrogens (tertiary/aromatic N) is 1. The molecule has 2 nitrogen and oxygen atoms in total. The summed E-state index contributed by atoms with van der Waals surface area (Å²) in [5.41, 5.74) is 2.49. The van der Waals surface area contributed by atoms with Gasteiger partial charge < -0.3 is 9.88 Å². The Labute approximate surface area is 101 Å². The summed E-state index contributed by atoms with van der Waals surface area (Å²) < 4.78 is 2.33. The first-order valence-electron chi connectivity index (χ1n) is 5.58. The Morgan fingerprint density at radius 1 is 1.38 bits per heavy atom. The summed E-state index contributed by atoms with van der Waals surface area (Å²) in [5.74, 6) is 0. The number of fused-ring (bicyclic) bond motifs is 1. The van der Waals surface area contributed by atoms with E-state index in [0.717, 1.165) is 17.0 Å². The summed E-state index contributed by atoms with van der Waals surface area (Å²) in [5, 5.41) is 5.17. The van der Waals surface area contributed by atoms with Crippen LogP contribution >= 0.6 is 11.6 Å². The molecule has 3 heteroatoms. The quantitative estimate of drug-likeness (QED) is 0.862. The fourth-order valence-corrected chi connectivity index (χ4v) is 2.42. The maximum atomic E-state index is 6.21. The number of rotatable bonds is 3. The Kier molecular flexibility index (Phi) is 3.22. The van der Waals surface area contributed by atoms with Gasteiger partial charge in [-0.05, 0) is 39.1 Å². The van der Waals surface area contributed by atoms with Crippen molar-refractivity contribution in [2.24, 2.45) is 0 Å². The van der Waals surface area contributed by atoms with Gasteiger partial charge in [0.25, 0.3) is 0 Å². The molecule has 0 bridgehead atoms. The van der Waals surface area contributed by atoms with Crippen molar-refractivity contribution in [2.75, 3.05) is 7.05 Å². The molecule has 1 aromatic carbocycles. The average Bonchev–Trinajstić information content (AvgIpc) is 2.58. The lowest BCUT2D eigenvalue weighted by Crippen LogP contribution is -2.12. The van der Waals surface area contributed by atoms with E-state index >= 15 is 0 Å². The predicted octanol–water partition coefficient (Wildman–Crippen LogP) is 3.60. The third-order valence-corrected chi connectivity index (χ3v) is 3.11. The summed E-state index contributed by atoms with van der Waals surface area (Å²) in [6, 6.07) is 8.69. The first-order valence-corrected chi connectivity index (χ1v) is 5.96. The van der Waals surface area contributed by atoms with Crippen LogP contribution in [0.15, 0.2) is 24.3 Å². The molecule has 1 aromatic heterocycles. The Bertz CT molecular complexity index is 500. The molecule has 1 heterocycles. The van der Waals surface area contributed by atoms with Crippen LogP contribution in [0.3, 0.4) is 0 Å². The minimum absolute atomic E-state index is 0.444. The molecule has 86 valence electrons. The molecule has 0 saturated carbocycles. The second-order valence-corrected chi connectivity index (χ2v) is 4.71. The van der Waals surface area contributed by atoms with Crippen LogP contribution in [-0.4, -0.2) is 11.6 Å². The Morgan fingerprint density at radius 3 is 2.75 bits per heavy atom. The van der Waals surface area contributed by atoms with Gasteiger partial charge in [0.2, 0.25) is 0 Å². The van der Waals surface area contributed by atoms with Crippen LogP contribution in [0.25, 0.3) is 10.9 Å². The van der Waals surface area contributed by atoms with Crippen molar-refractivity contribution in [3.63, 3.8) is 0 Å². The molecule has 0 aliphatic heterocycles. The second-order valence-electron chi connectivity index (χ2n) is 4.30. The van der Waals surface area contributed by atoms with Gasteiger partial charge in [-0.1, -0.05) is 17.7 Å². The molecule has 0 saturated heterocycles. The normalized spacial score (nSPS) is 11.6. The van der Waals surface area contributed by atoms with Crippen LogP contribution in [0.2, 0.25) is 5.02 Å². The highest BCUT2D eigenvalue weighted by Gasteiger charge is 2.12. The van der Waals surface area contributed by atoms with Gasteiger partial charge in [-0.15, -0.1) is 0 Å². The van der Waals surface area contributed by atoms with Crippen molar-refractivity contribution < 1.29 is 0 Å². The van der Waals surface area contributed by atoms with E-state index in [1.54, 1.807) is 0 Å². The zero-order chi connectivity index (χ0) is 11.7. The number of halogens is 1. The Balaban J connectivity index is 2.70. The highest BCUT2D eigenvalue weighted by Crippen LogP contribution is 2.29. The summed E-state index contributed by atoms with van der Waals surface area (Å²) in [4.78, 5) is 0. The van der Waals surface area contributed by atoms with Crippen LogP contribution in [0, 0.1) is 0 Å². The van der Waals surface area contributed by atoms with E-state index < -0.39 is 0 Å². The van der Waals surface area contributed by atoms with Crippen molar-refractivity contribution in [3.8, 4) is 0 Å². The third-order valence-electron chi connectivity index (χ3n) is 2.78. The van der Waals surface area contributed by atoms with E-state index in [1.807, 2.05) is 19.2 Å². The molecule has 0 aliphatic rings. The van der Waals surface area contributed by atoms with Gasteiger partial charge in [0.15, 0.2) is 0 Å². The lowest BCUT2D eigenvalue weighted by molar-refractivity contribution is 0.581. The zero-order valence-electron chi connectivity index (χ0n) is 9.92. The highest BCUT2D eigenvalue weighted by atomic mass is 35.5. The largest absolute Gasteiger partial charge is 0.341 e. The molecular formula is C13H17ClN2. The minimum atomic E-state index is 0.444. The van der Waals surface area contributed by atoms with Crippen molar-refractivity contribution in [3.05, 3.63) is 35.0 Å². The van der Waals surface area contributed by atoms with E-state index in [2.05, 4.69) is 35.9 Å². The van der Waals surface area contributed by atoms with Gasteiger partial charge in [-0.25, -0.2) is 0 Å². The van der Waals surface area contributed by atoms with Gasteiger partial charge in [-0.3, -0.25) is 0 Å². The SMILES string of the molecule is CNCc1cc2c(Cl)cccc2n1C(C)C. The topological polar surface area (TPSA) is 17.0 Å². The van der Waals surface area contributed by atoms with Crippen LogP contribution in [0.4, 0.5) is 0 Å². The molecule has 0 amide bonds. The standard InChI is InChI=1S/C13H17ClN2/c1-9(2)16-10(8-15-3)7-11-12(14)5-4-6-13(11)16/h4-7,9,15H,8H2,1-3H3. The van der Waals surface area contributed by atoms with E-state index in [0.29, 0.717) is 6.04 Å². The number of hydrogen-bond donors (Lipinski definition) is 1. The molecule has 0 fully saturated rings. The third kappa shape index (κ3) is 1.83. The molecule has 0 aliphatic carbocycles. The van der Waals surface area contributed by atoms with Gasteiger partial charge in [0, 0.05) is 34.2 Å². The molecule has 0 atom stereocenters. The number of benzene rings is 1. The van der Waals surface area contributed by atoms with Crippen molar-refractivity contribution >= 4 is 22.5 Å². The zero-order valence-corrected chi connectivity index (χ0v) is 10.7. The molecule has 0 unspecified atom stereocenters. The lowest BCUT2D eigenvalue weighted by atomic mass is 10.2. The Morgan fingerprint density at radius 2 is 2.12 bits per heavy atom. The molecule has 0 radical (unpaired) electrons. The smallest absolute Gasteiger partial charge is 0.0500 e. The van der Waals surface area contributed by atoms with Crippen molar-refractivity contribution in [1.82, 2.24) is 9.88 Å². The number of hydrogen-bond acceptors (Lipinski definition) is 1. The van der Waals surface area contributed by atoms with Crippen molar-refractivity contribution in [2.45, 2.75) is 26.4 Å². The van der Waals surface area contributed by atoms with Crippen LogP contribution < -0.4 is 5.32 Å². The van der Waals surface area contributed by atoms with Crippen LogP contribution in [0.1, 0.15) is 25.6 Å². The molecular weight excluding hydrogens is 220 g/mol. The highest BCUT2D eigenvalue weighted by molar-refractivity contribution is 6.35. The van der Waals surface area contributed by atoms with E-state index in [-0.39, 0.29) is 0 Å². The maximum Gasteiger partial charge on any atom is 0.0500 e. The first kappa shape index (κ1) is 11.5. The minimum Gasteiger partial charge on any atom is -0.341 e. The van der Waals surface area contributed by atoms with Crippen molar-refractivity contribution in [1.29, 1.82) is 0 Å². The molecule has 16 heavy (non-hydrogen) atoms. The average molecular weight is 237 g/mol. The van der Waals surface area contributed by atoms with Crippen LogP contribution in [0.5, 0.6) is 0 Å². The summed E-state index contributed by atoms with van der Waals surface area (Å²) >= 11 is 6.21. The van der Waals surface area contributed by atoms with Gasteiger partial charge in [0.05, 0.1) is 0 Å². The summed E-state index contributed by atoms with van der Waals surface area (Å²) in [6.45, 7) is 5.25. The van der Waals surface area contributed by atoms with Gasteiger partial charge in [-0.2, -0.15) is 0 Å². The van der Waals surface area contributed by atoms with Crippen LogP contribution in [-0.2, 0) is 6.54 Å². The maximum absolute atomic E-state index is 6.21. The van der Waals surface area contributed by atoms with E-state index in [1.165, 1.54) is 11.2 Å². The predicted molar refractivity (Wildman–Crippen MR) is 70.1 cm³/mol. The summed E-state index contributed by atoms with van der Waals surface area (Å²) in [6.07, 6.45) is 0. The van der Waals surface area contributed by atoms with E-state index in [4.69, 9.17) is 11.6 Å². The van der Waals surface area contributed by atoms with E-state index in [9.17, 15) is 0 Å². The molecule has 2 aromatic rings. The molecule has 1 N–H and O–H groups in total. The van der Waals surface area contributed by atoms with Gasteiger partial charge >= 0.3 is 0 Å². The summed E-state index contributed by atoms with van der Waals surface area (Å²) in [7, 11) is 1.96. The molecule has 2 rings (SSSR count). The van der Waals surface area contributed by atoms with Gasteiger partial charge in [0.1, 0.15) is 0 Å². The monoisotopic (exact) mass is 236 g/mol. The number of aromatic nitrogens is 1. The lowest BCUT2D eigenvalue weighted by Gasteiger charge is -2.14. The first-order chi connectivity index (χ1) is 7.65. The fourth-order valence-electron chi connectivity index (χ4n) is 2.20. The fraction of sp³-hybridized carbons (Fsp3) is 0.385. The number of nitrogens with one attached hydrogen (secondary N) is 1. The Hall–Kier alpha value is -0.990. The molecule has 0 spiro atoms.